The van der Waals surface area contributed by atoms with Crippen molar-refractivity contribution in [3.8, 4) is 0 Å². The fraction of sp³-hybridized carbons (Fsp3) is 0.316. The van der Waals surface area contributed by atoms with Crippen molar-refractivity contribution in [3.05, 3.63) is 59.1 Å². The van der Waals surface area contributed by atoms with E-state index >= 15 is 0 Å². The van der Waals surface area contributed by atoms with E-state index in [1.807, 2.05) is 53.1 Å². The molecule has 0 radical (unpaired) electrons. The summed E-state index contributed by atoms with van der Waals surface area (Å²) < 4.78 is 7.51. The van der Waals surface area contributed by atoms with Gasteiger partial charge in [-0.2, -0.15) is 0 Å². The summed E-state index contributed by atoms with van der Waals surface area (Å²) in [7, 11) is 0. The molecule has 0 saturated carbocycles. The van der Waals surface area contributed by atoms with Crippen LogP contribution >= 0.6 is 11.6 Å². The normalized spacial score (nSPS) is 12.4. The summed E-state index contributed by atoms with van der Waals surface area (Å²) in [5.74, 6) is 0.616. The van der Waals surface area contributed by atoms with Crippen LogP contribution in [-0.4, -0.2) is 45.6 Å². The van der Waals surface area contributed by atoms with E-state index in [4.69, 9.17) is 21.4 Å². The van der Waals surface area contributed by atoms with Gasteiger partial charge >= 0.3 is 0 Å². The molecule has 1 heterocycles. The summed E-state index contributed by atoms with van der Waals surface area (Å²) in [4.78, 5) is 4.51. The van der Waals surface area contributed by atoms with E-state index in [0.717, 1.165) is 16.6 Å². The van der Waals surface area contributed by atoms with Crippen molar-refractivity contribution < 1.29 is 14.9 Å². The topological polar surface area (TPSA) is 79.5 Å². The first-order chi connectivity index (χ1) is 12.7. The third-order valence-electron chi connectivity index (χ3n) is 3.97. The number of nitrogens with zero attached hydrogens (tertiary/aromatic N) is 2. The molecule has 0 aliphatic rings. The van der Waals surface area contributed by atoms with Crippen LogP contribution in [0.25, 0.3) is 11.0 Å². The zero-order valence-corrected chi connectivity index (χ0v) is 15.1. The Bertz CT molecular complexity index is 853. The van der Waals surface area contributed by atoms with Crippen molar-refractivity contribution in [2.45, 2.75) is 19.3 Å². The maximum atomic E-state index is 10.4. The molecule has 26 heavy (non-hydrogen) atoms. The predicted molar refractivity (Wildman–Crippen MR) is 102 cm³/mol. The Hall–Kier alpha value is -2.12. The molecule has 0 bridgehead atoms. The van der Waals surface area contributed by atoms with Gasteiger partial charge in [-0.05, 0) is 23.8 Å². The van der Waals surface area contributed by atoms with Gasteiger partial charge in [0, 0.05) is 11.6 Å². The molecule has 0 aliphatic carbocycles. The highest BCUT2D eigenvalue weighted by atomic mass is 35.5. The van der Waals surface area contributed by atoms with Crippen molar-refractivity contribution >= 4 is 28.6 Å². The summed E-state index contributed by atoms with van der Waals surface area (Å²) in [5.41, 5.74) is 2.63. The number of hydrogen-bond donors (Lipinski definition) is 3. The highest BCUT2D eigenvalue weighted by molar-refractivity contribution is 6.31. The van der Waals surface area contributed by atoms with Crippen molar-refractivity contribution in [2.75, 3.05) is 25.1 Å². The first-order valence-corrected chi connectivity index (χ1v) is 8.86. The average Bonchev–Trinajstić information content (AvgIpc) is 2.99. The van der Waals surface area contributed by atoms with Crippen molar-refractivity contribution in [3.63, 3.8) is 0 Å². The molecule has 3 aromatic rings. The van der Waals surface area contributed by atoms with Crippen molar-refractivity contribution in [1.82, 2.24) is 9.55 Å². The fourth-order valence-corrected chi connectivity index (χ4v) is 2.94. The predicted octanol–water partition coefficient (Wildman–Crippen LogP) is 2.67. The summed E-state index contributed by atoms with van der Waals surface area (Å²) in [6.45, 7) is 1.25. The standard InChI is InChI=1S/C19H22ClN3O3/c20-16-6-2-1-5-14(16)12-26-13-15(25)11-23-18-8-4-3-7-17(18)22-19(23)21-9-10-24/h1-8,15,24-25H,9-13H2,(H,21,22). The Kier molecular flexibility index (Phi) is 6.46. The van der Waals surface area contributed by atoms with Crippen LogP contribution in [0.5, 0.6) is 0 Å². The number of aliphatic hydroxyl groups is 2. The number of aromatic nitrogens is 2. The number of aliphatic hydroxyl groups excluding tert-OH is 2. The van der Waals surface area contributed by atoms with Crippen LogP contribution in [0.4, 0.5) is 5.95 Å². The van der Waals surface area contributed by atoms with Gasteiger partial charge in [-0.3, -0.25) is 0 Å². The van der Waals surface area contributed by atoms with Gasteiger partial charge in [0.2, 0.25) is 5.95 Å². The summed E-state index contributed by atoms with van der Waals surface area (Å²) in [6, 6.07) is 15.2. The number of hydrogen-bond acceptors (Lipinski definition) is 5. The number of benzene rings is 2. The molecule has 2 aromatic carbocycles. The zero-order valence-electron chi connectivity index (χ0n) is 14.3. The molecule has 3 N–H and O–H groups in total. The quantitative estimate of drug-likeness (QED) is 0.536. The van der Waals surface area contributed by atoms with Gasteiger partial charge in [-0.1, -0.05) is 41.9 Å². The smallest absolute Gasteiger partial charge is 0.204 e. The fourth-order valence-electron chi connectivity index (χ4n) is 2.75. The Morgan fingerprint density at radius 3 is 2.73 bits per heavy atom. The minimum absolute atomic E-state index is 0.00665. The minimum atomic E-state index is -0.704. The Morgan fingerprint density at radius 2 is 1.92 bits per heavy atom. The number of anilines is 1. The van der Waals surface area contributed by atoms with E-state index in [2.05, 4.69) is 10.3 Å². The van der Waals surface area contributed by atoms with Gasteiger partial charge < -0.3 is 24.8 Å². The number of para-hydroxylation sites is 2. The van der Waals surface area contributed by atoms with Crippen LogP contribution in [0.3, 0.4) is 0 Å². The second-order valence-corrected chi connectivity index (χ2v) is 6.35. The number of nitrogens with one attached hydrogen (secondary N) is 1. The molecule has 3 rings (SSSR count). The Balaban J connectivity index is 1.64. The van der Waals surface area contributed by atoms with E-state index in [9.17, 15) is 5.11 Å². The van der Waals surface area contributed by atoms with Gasteiger partial charge in [0.25, 0.3) is 0 Å². The number of halogens is 1. The Morgan fingerprint density at radius 1 is 1.15 bits per heavy atom. The number of fused-ring (bicyclic) bond motifs is 1. The van der Waals surface area contributed by atoms with Crippen LogP contribution < -0.4 is 5.32 Å². The largest absolute Gasteiger partial charge is 0.395 e. The highest BCUT2D eigenvalue weighted by Gasteiger charge is 2.14. The van der Waals surface area contributed by atoms with E-state index in [1.165, 1.54) is 0 Å². The zero-order chi connectivity index (χ0) is 18.4. The van der Waals surface area contributed by atoms with E-state index < -0.39 is 6.10 Å². The molecule has 7 heteroatoms. The molecular weight excluding hydrogens is 354 g/mol. The lowest BCUT2D eigenvalue weighted by molar-refractivity contribution is 0.0211. The van der Waals surface area contributed by atoms with Gasteiger partial charge in [0.1, 0.15) is 0 Å². The highest BCUT2D eigenvalue weighted by Crippen LogP contribution is 2.20. The van der Waals surface area contributed by atoms with E-state index in [-0.39, 0.29) is 13.2 Å². The first-order valence-electron chi connectivity index (χ1n) is 8.48. The molecule has 0 saturated heterocycles. The number of ether oxygens (including phenoxy) is 1. The van der Waals surface area contributed by atoms with Gasteiger partial charge in [-0.25, -0.2) is 4.98 Å². The molecule has 1 aromatic heterocycles. The van der Waals surface area contributed by atoms with Crippen LogP contribution in [-0.2, 0) is 17.9 Å². The van der Waals surface area contributed by atoms with Gasteiger partial charge in [-0.15, -0.1) is 0 Å². The van der Waals surface area contributed by atoms with Crippen LogP contribution in [0.1, 0.15) is 5.56 Å². The van der Waals surface area contributed by atoms with Crippen molar-refractivity contribution in [1.29, 1.82) is 0 Å². The minimum Gasteiger partial charge on any atom is -0.395 e. The van der Waals surface area contributed by atoms with Gasteiger partial charge in [0.15, 0.2) is 0 Å². The summed E-state index contributed by atoms with van der Waals surface area (Å²) in [6.07, 6.45) is -0.704. The maximum Gasteiger partial charge on any atom is 0.204 e. The van der Waals surface area contributed by atoms with E-state index in [0.29, 0.717) is 30.7 Å². The van der Waals surface area contributed by atoms with Gasteiger partial charge in [0.05, 0.1) is 43.5 Å². The molecule has 0 fully saturated rings. The molecule has 0 aliphatic heterocycles. The van der Waals surface area contributed by atoms with E-state index in [1.54, 1.807) is 0 Å². The molecule has 0 amide bonds. The van der Waals surface area contributed by atoms with Crippen LogP contribution in [0.15, 0.2) is 48.5 Å². The third-order valence-corrected chi connectivity index (χ3v) is 4.34. The lowest BCUT2D eigenvalue weighted by Gasteiger charge is -2.15. The molecule has 1 unspecified atom stereocenters. The number of rotatable bonds is 9. The SMILES string of the molecule is OCCNc1nc2ccccc2n1CC(O)COCc1ccccc1Cl. The molecule has 1 atom stereocenters. The third kappa shape index (κ3) is 4.53. The first kappa shape index (κ1) is 18.7. The van der Waals surface area contributed by atoms with Crippen LogP contribution in [0.2, 0.25) is 5.02 Å². The lowest BCUT2D eigenvalue weighted by atomic mass is 10.2. The molecule has 6 nitrogen and oxygen atoms in total. The molecule has 138 valence electrons. The second kappa shape index (κ2) is 9.00. The maximum absolute atomic E-state index is 10.4. The Labute approximate surface area is 157 Å². The monoisotopic (exact) mass is 375 g/mol. The molecule has 0 spiro atoms. The lowest BCUT2D eigenvalue weighted by Crippen LogP contribution is -2.23. The van der Waals surface area contributed by atoms with Crippen LogP contribution in [0, 0.1) is 0 Å². The molecular formula is C19H22ClN3O3. The summed E-state index contributed by atoms with van der Waals surface area (Å²) in [5, 5.41) is 23.2. The second-order valence-electron chi connectivity index (χ2n) is 5.95. The summed E-state index contributed by atoms with van der Waals surface area (Å²) >= 11 is 6.11. The number of imidazole rings is 1. The average molecular weight is 376 g/mol. The van der Waals surface area contributed by atoms with Crippen molar-refractivity contribution in [2.24, 2.45) is 0 Å².